The molecule has 0 amide bonds. The number of nitrogens with zero attached hydrogens (tertiary/aromatic N) is 4. The van der Waals surface area contributed by atoms with Crippen LogP contribution < -0.4 is 0 Å². The highest BCUT2D eigenvalue weighted by Gasteiger charge is 2.13. The summed E-state index contributed by atoms with van der Waals surface area (Å²) in [6.45, 7) is 2.01. The number of aryl methyl sites for hydroxylation is 1. The van der Waals surface area contributed by atoms with Crippen molar-refractivity contribution in [2.24, 2.45) is 0 Å². The first-order valence-corrected chi connectivity index (χ1v) is 6.93. The first kappa shape index (κ1) is 13.5. The maximum atomic E-state index is 8.76. The van der Waals surface area contributed by atoms with Crippen molar-refractivity contribution in [3.8, 4) is 29.0 Å². The third kappa shape index (κ3) is 2.69. The predicted octanol–water partition coefficient (Wildman–Crippen LogP) is 3.74. The van der Waals surface area contributed by atoms with E-state index in [2.05, 4.69) is 31.1 Å². The Kier molecular flexibility index (Phi) is 3.50. The summed E-state index contributed by atoms with van der Waals surface area (Å²) >= 11 is 3.49. The minimum atomic E-state index is 0.321. The van der Waals surface area contributed by atoms with Gasteiger partial charge in [-0.1, -0.05) is 27.2 Å². The molecule has 0 aliphatic rings. The van der Waals surface area contributed by atoms with Crippen molar-refractivity contribution >= 4 is 15.9 Å². The van der Waals surface area contributed by atoms with Gasteiger partial charge in [-0.3, -0.25) is 0 Å². The van der Waals surface area contributed by atoms with E-state index in [0.29, 0.717) is 23.0 Å². The Morgan fingerprint density at radius 1 is 1.24 bits per heavy atom. The molecule has 3 rings (SSSR count). The molecule has 6 heteroatoms. The van der Waals surface area contributed by atoms with Gasteiger partial charge in [-0.05, 0) is 36.8 Å². The molecular formula is C15H9BrN4O. The van der Waals surface area contributed by atoms with Gasteiger partial charge in [-0.15, -0.1) is 0 Å². The molecule has 21 heavy (non-hydrogen) atoms. The van der Waals surface area contributed by atoms with Crippen LogP contribution in [0.3, 0.4) is 0 Å². The van der Waals surface area contributed by atoms with Crippen molar-refractivity contribution in [2.45, 2.75) is 6.92 Å². The Hall–Kier alpha value is -2.52. The van der Waals surface area contributed by atoms with E-state index in [9.17, 15) is 0 Å². The summed E-state index contributed by atoms with van der Waals surface area (Å²) in [5, 5.41) is 12.7. The van der Waals surface area contributed by atoms with Crippen LogP contribution in [0.1, 0.15) is 11.1 Å². The molecule has 2 heterocycles. The van der Waals surface area contributed by atoms with Gasteiger partial charge in [-0.2, -0.15) is 10.2 Å². The van der Waals surface area contributed by atoms with Crippen molar-refractivity contribution < 1.29 is 4.52 Å². The minimum Gasteiger partial charge on any atom is -0.332 e. The van der Waals surface area contributed by atoms with Gasteiger partial charge in [0.15, 0.2) is 0 Å². The van der Waals surface area contributed by atoms with Gasteiger partial charge in [0.1, 0.15) is 11.8 Å². The normalized spacial score (nSPS) is 10.3. The lowest BCUT2D eigenvalue weighted by molar-refractivity contribution is 0.431. The fraction of sp³-hybridized carbons (Fsp3) is 0.0667. The van der Waals surface area contributed by atoms with Crippen LogP contribution in [0, 0.1) is 18.3 Å². The smallest absolute Gasteiger partial charge is 0.276 e. The van der Waals surface area contributed by atoms with Gasteiger partial charge in [0.05, 0.1) is 5.56 Å². The van der Waals surface area contributed by atoms with Crippen LogP contribution in [0.2, 0.25) is 0 Å². The number of hydrogen-bond donors (Lipinski definition) is 0. The zero-order valence-corrected chi connectivity index (χ0v) is 12.6. The van der Waals surface area contributed by atoms with E-state index < -0.39 is 0 Å². The van der Waals surface area contributed by atoms with Crippen molar-refractivity contribution in [1.82, 2.24) is 15.1 Å². The Morgan fingerprint density at radius 2 is 2.10 bits per heavy atom. The standard InChI is InChI=1S/C15H9BrN4O/c1-9-2-4-11(12(16)6-9)14-19-15(21-20-14)13-5-3-10(7-17)8-18-13/h2-6,8H,1H3. The van der Waals surface area contributed by atoms with Crippen LogP contribution in [0.15, 0.2) is 45.5 Å². The number of hydrogen-bond acceptors (Lipinski definition) is 5. The number of halogens is 1. The Balaban J connectivity index is 1.97. The number of nitriles is 1. The molecule has 0 aliphatic heterocycles. The van der Waals surface area contributed by atoms with E-state index >= 15 is 0 Å². The monoisotopic (exact) mass is 340 g/mol. The van der Waals surface area contributed by atoms with Crippen LogP contribution in [-0.2, 0) is 0 Å². The molecule has 0 saturated heterocycles. The molecule has 2 aromatic heterocycles. The molecule has 1 aromatic carbocycles. The lowest BCUT2D eigenvalue weighted by atomic mass is 10.1. The number of aromatic nitrogens is 3. The highest BCUT2D eigenvalue weighted by atomic mass is 79.9. The molecule has 0 saturated carbocycles. The number of benzene rings is 1. The molecule has 0 atom stereocenters. The maximum Gasteiger partial charge on any atom is 0.276 e. The first-order valence-electron chi connectivity index (χ1n) is 6.14. The third-order valence-electron chi connectivity index (χ3n) is 2.90. The number of pyridine rings is 1. The van der Waals surface area contributed by atoms with E-state index in [0.717, 1.165) is 15.6 Å². The Bertz CT molecular complexity index is 834. The molecule has 0 bridgehead atoms. The van der Waals surface area contributed by atoms with Crippen molar-refractivity contribution in [3.05, 3.63) is 52.1 Å². The lowest BCUT2D eigenvalue weighted by Gasteiger charge is -1.99. The SMILES string of the molecule is Cc1ccc(-c2noc(-c3ccc(C#N)cn3)n2)c(Br)c1. The van der Waals surface area contributed by atoms with Gasteiger partial charge in [0.25, 0.3) is 5.89 Å². The average Bonchev–Trinajstić information content (AvgIpc) is 2.97. The molecule has 102 valence electrons. The summed E-state index contributed by atoms with van der Waals surface area (Å²) in [6, 6.07) is 11.3. The molecule has 5 nitrogen and oxygen atoms in total. The largest absolute Gasteiger partial charge is 0.332 e. The summed E-state index contributed by atoms with van der Waals surface area (Å²) in [5.74, 6) is 0.810. The van der Waals surface area contributed by atoms with Crippen molar-refractivity contribution in [3.63, 3.8) is 0 Å². The highest BCUT2D eigenvalue weighted by molar-refractivity contribution is 9.10. The zero-order chi connectivity index (χ0) is 14.8. The van der Waals surface area contributed by atoms with Crippen LogP contribution in [-0.4, -0.2) is 15.1 Å². The fourth-order valence-corrected chi connectivity index (χ4v) is 2.50. The fourth-order valence-electron chi connectivity index (χ4n) is 1.82. The molecule has 0 fully saturated rings. The second kappa shape index (κ2) is 5.46. The summed E-state index contributed by atoms with van der Waals surface area (Å²) in [5.41, 5.74) is 3.02. The minimum absolute atomic E-state index is 0.321. The van der Waals surface area contributed by atoms with E-state index in [1.54, 1.807) is 12.1 Å². The Labute approximate surface area is 129 Å². The third-order valence-corrected chi connectivity index (χ3v) is 3.56. The van der Waals surface area contributed by atoms with Gasteiger partial charge in [0.2, 0.25) is 5.82 Å². The number of rotatable bonds is 2. The van der Waals surface area contributed by atoms with Crippen molar-refractivity contribution in [1.29, 1.82) is 5.26 Å². The van der Waals surface area contributed by atoms with Crippen LogP contribution in [0.4, 0.5) is 0 Å². The van der Waals surface area contributed by atoms with Gasteiger partial charge < -0.3 is 4.52 Å². The summed E-state index contributed by atoms with van der Waals surface area (Å²) < 4.78 is 6.14. The van der Waals surface area contributed by atoms with E-state index in [4.69, 9.17) is 9.78 Å². The predicted molar refractivity (Wildman–Crippen MR) is 80.1 cm³/mol. The van der Waals surface area contributed by atoms with E-state index in [1.807, 2.05) is 31.2 Å². The first-order chi connectivity index (χ1) is 10.2. The van der Waals surface area contributed by atoms with E-state index in [-0.39, 0.29) is 0 Å². The molecule has 0 radical (unpaired) electrons. The summed E-state index contributed by atoms with van der Waals surface area (Å²) in [6.07, 6.45) is 1.47. The second-order valence-corrected chi connectivity index (χ2v) is 5.30. The van der Waals surface area contributed by atoms with Crippen LogP contribution in [0.5, 0.6) is 0 Å². The molecule has 0 unspecified atom stereocenters. The molecule has 0 N–H and O–H groups in total. The highest BCUT2D eigenvalue weighted by Crippen LogP contribution is 2.28. The zero-order valence-electron chi connectivity index (χ0n) is 11.0. The topological polar surface area (TPSA) is 75.6 Å². The average molecular weight is 341 g/mol. The maximum absolute atomic E-state index is 8.76. The van der Waals surface area contributed by atoms with Gasteiger partial charge >= 0.3 is 0 Å². The van der Waals surface area contributed by atoms with Gasteiger partial charge in [0, 0.05) is 16.2 Å². The van der Waals surface area contributed by atoms with Crippen LogP contribution in [0.25, 0.3) is 23.0 Å². The molecule has 3 aromatic rings. The molecule has 0 aliphatic carbocycles. The van der Waals surface area contributed by atoms with Gasteiger partial charge in [-0.25, -0.2) is 4.98 Å². The second-order valence-electron chi connectivity index (χ2n) is 4.45. The Morgan fingerprint density at radius 3 is 2.76 bits per heavy atom. The summed E-state index contributed by atoms with van der Waals surface area (Å²) in [4.78, 5) is 8.48. The van der Waals surface area contributed by atoms with Crippen LogP contribution >= 0.6 is 15.9 Å². The molecule has 0 spiro atoms. The lowest BCUT2D eigenvalue weighted by Crippen LogP contribution is -1.86. The quantitative estimate of drug-likeness (QED) is 0.710. The molecular weight excluding hydrogens is 332 g/mol. The van der Waals surface area contributed by atoms with E-state index in [1.165, 1.54) is 6.20 Å². The van der Waals surface area contributed by atoms with Crippen molar-refractivity contribution in [2.75, 3.05) is 0 Å². The summed E-state index contributed by atoms with van der Waals surface area (Å²) in [7, 11) is 0.